The van der Waals surface area contributed by atoms with Gasteiger partial charge in [-0.1, -0.05) is 0 Å². The molecule has 0 atom stereocenters. The molecule has 0 spiro atoms. The van der Waals surface area contributed by atoms with Crippen LogP contribution in [0.5, 0.6) is 5.75 Å². The molecule has 0 radical (unpaired) electrons. The lowest BCUT2D eigenvalue weighted by atomic mass is 10.1. The molecule has 0 unspecified atom stereocenters. The van der Waals surface area contributed by atoms with E-state index in [1.807, 2.05) is 24.3 Å². The summed E-state index contributed by atoms with van der Waals surface area (Å²) < 4.78 is 5.16. The van der Waals surface area contributed by atoms with Gasteiger partial charge < -0.3 is 15.0 Å². The first-order valence-corrected chi connectivity index (χ1v) is 6.68. The van der Waals surface area contributed by atoms with E-state index in [4.69, 9.17) is 10.00 Å². The number of hydrogen-bond donors (Lipinski definition) is 2. The lowest BCUT2D eigenvalue weighted by Crippen LogP contribution is -2.11. The topological polar surface area (TPSA) is 77.9 Å². The van der Waals surface area contributed by atoms with Gasteiger partial charge in [-0.15, -0.1) is 0 Å². The summed E-state index contributed by atoms with van der Waals surface area (Å²) in [6.45, 7) is 0. The van der Waals surface area contributed by atoms with Crippen LogP contribution in [0.3, 0.4) is 0 Å². The number of nitrogens with zero attached hydrogens (tertiary/aromatic N) is 1. The average Bonchev–Trinajstić information content (AvgIpc) is 2.98. The Morgan fingerprint density at radius 2 is 2.00 bits per heavy atom. The summed E-state index contributed by atoms with van der Waals surface area (Å²) >= 11 is 0. The van der Waals surface area contributed by atoms with Crippen molar-refractivity contribution in [1.29, 1.82) is 5.26 Å². The molecule has 5 heteroatoms. The van der Waals surface area contributed by atoms with Gasteiger partial charge in [-0.3, -0.25) is 4.79 Å². The molecule has 0 saturated heterocycles. The fraction of sp³-hybridized carbons (Fsp3) is 0.0588. The van der Waals surface area contributed by atoms with E-state index in [1.54, 1.807) is 37.6 Å². The van der Waals surface area contributed by atoms with Crippen molar-refractivity contribution in [2.45, 2.75) is 0 Å². The molecule has 0 aliphatic rings. The molecule has 0 saturated carbocycles. The number of rotatable bonds is 3. The van der Waals surface area contributed by atoms with E-state index in [1.165, 1.54) is 0 Å². The Hall–Kier alpha value is -3.26. The number of amides is 1. The molecule has 1 aromatic heterocycles. The van der Waals surface area contributed by atoms with Crippen LogP contribution in [-0.2, 0) is 0 Å². The average molecular weight is 291 g/mol. The van der Waals surface area contributed by atoms with Gasteiger partial charge in [0.15, 0.2) is 0 Å². The SMILES string of the molecule is COc1ccc2c(C(=O)Nc3ccc(C#N)cc3)c[nH]c2c1. The van der Waals surface area contributed by atoms with Crippen LogP contribution in [0, 0.1) is 11.3 Å². The number of nitrogens with one attached hydrogen (secondary N) is 2. The normalized spacial score (nSPS) is 10.2. The monoisotopic (exact) mass is 291 g/mol. The summed E-state index contributed by atoms with van der Waals surface area (Å²) in [6.07, 6.45) is 1.67. The van der Waals surface area contributed by atoms with Gasteiger partial charge in [-0.05, 0) is 36.4 Å². The molecule has 1 heterocycles. The van der Waals surface area contributed by atoms with Crippen LogP contribution in [0.1, 0.15) is 15.9 Å². The van der Waals surface area contributed by atoms with Crippen LogP contribution in [0.2, 0.25) is 0 Å². The van der Waals surface area contributed by atoms with Crippen molar-refractivity contribution in [3.05, 3.63) is 59.8 Å². The molecule has 1 amide bonds. The Morgan fingerprint density at radius 3 is 2.68 bits per heavy atom. The molecule has 2 aromatic carbocycles. The maximum atomic E-state index is 12.4. The van der Waals surface area contributed by atoms with E-state index in [2.05, 4.69) is 10.3 Å². The summed E-state index contributed by atoms with van der Waals surface area (Å²) in [6, 6.07) is 14.3. The van der Waals surface area contributed by atoms with E-state index < -0.39 is 0 Å². The molecule has 5 nitrogen and oxygen atoms in total. The molecule has 0 fully saturated rings. The number of ether oxygens (including phenoxy) is 1. The molecule has 3 aromatic rings. The minimum Gasteiger partial charge on any atom is -0.497 e. The van der Waals surface area contributed by atoms with Crippen LogP contribution >= 0.6 is 0 Å². The Morgan fingerprint density at radius 1 is 1.23 bits per heavy atom. The van der Waals surface area contributed by atoms with Gasteiger partial charge in [-0.2, -0.15) is 5.26 Å². The minimum absolute atomic E-state index is 0.207. The second-order valence-corrected chi connectivity index (χ2v) is 4.76. The second-order valence-electron chi connectivity index (χ2n) is 4.76. The number of anilines is 1. The summed E-state index contributed by atoms with van der Waals surface area (Å²) in [5, 5.41) is 12.4. The molecule has 0 aliphatic carbocycles. The van der Waals surface area contributed by atoms with Crippen LogP contribution in [-0.4, -0.2) is 18.0 Å². The highest BCUT2D eigenvalue weighted by Gasteiger charge is 2.12. The van der Waals surface area contributed by atoms with Gasteiger partial charge in [-0.25, -0.2) is 0 Å². The third-order valence-electron chi connectivity index (χ3n) is 3.41. The van der Waals surface area contributed by atoms with Crippen molar-refractivity contribution < 1.29 is 9.53 Å². The Bertz CT molecular complexity index is 873. The van der Waals surface area contributed by atoms with Crippen molar-refractivity contribution in [2.75, 3.05) is 12.4 Å². The predicted molar refractivity (Wildman–Crippen MR) is 84.0 cm³/mol. The minimum atomic E-state index is -0.207. The number of hydrogen-bond acceptors (Lipinski definition) is 3. The van der Waals surface area contributed by atoms with E-state index in [-0.39, 0.29) is 5.91 Å². The summed E-state index contributed by atoms with van der Waals surface area (Å²) in [7, 11) is 1.60. The molecule has 2 N–H and O–H groups in total. The zero-order chi connectivity index (χ0) is 15.5. The lowest BCUT2D eigenvalue weighted by Gasteiger charge is -2.04. The highest BCUT2D eigenvalue weighted by atomic mass is 16.5. The summed E-state index contributed by atoms with van der Waals surface area (Å²) in [5.41, 5.74) is 2.59. The zero-order valence-corrected chi connectivity index (χ0v) is 11.9. The first-order chi connectivity index (χ1) is 10.7. The van der Waals surface area contributed by atoms with Gasteiger partial charge in [0.05, 0.1) is 24.3 Å². The number of carbonyl (C=O) groups is 1. The molecule has 0 aliphatic heterocycles. The zero-order valence-electron chi connectivity index (χ0n) is 11.9. The third kappa shape index (κ3) is 2.50. The van der Waals surface area contributed by atoms with Crippen molar-refractivity contribution in [3.63, 3.8) is 0 Å². The molecule has 0 bridgehead atoms. The first kappa shape index (κ1) is 13.7. The van der Waals surface area contributed by atoms with Gasteiger partial charge in [0, 0.05) is 28.9 Å². The second kappa shape index (κ2) is 5.62. The fourth-order valence-corrected chi connectivity index (χ4v) is 2.25. The van der Waals surface area contributed by atoms with E-state index in [0.29, 0.717) is 16.8 Å². The number of fused-ring (bicyclic) bond motifs is 1. The first-order valence-electron chi connectivity index (χ1n) is 6.68. The fourth-order valence-electron chi connectivity index (χ4n) is 2.25. The molecule has 22 heavy (non-hydrogen) atoms. The molecular formula is C17H13N3O2. The summed E-state index contributed by atoms with van der Waals surface area (Å²) in [4.78, 5) is 15.4. The smallest absolute Gasteiger partial charge is 0.257 e. The van der Waals surface area contributed by atoms with Crippen LogP contribution in [0.15, 0.2) is 48.7 Å². The predicted octanol–water partition coefficient (Wildman–Crippen LogP) is 3.30. The van der Waals surface area contributed by atoms with E-state index in [0.717, 1.165) is 16.7 Å². The highest BCUT2D eigenvalue weighted by molar-refractivity contribution is 6.12. The summed E-state index contributed by atoms with van der Waals surface area (Å²) in [5.74, 6) is 0.523. The van der Waals surface area contributed by atoms with E-state index in [9.17, 15) is 4.79 Å². The van der Waals surface area contributed by atoms with Crippen molar-refractivity contribution in [3.8, 4) is 11.8 Å². The van der Waals surface area contributed by atoms with Crippen LogP contribution in [0.4, 0.5) is 5.69 Å². The number of aromatic nitrogens is 1. The van der Waals surface area contributed by atoms with Crippen molar-refractivity contribution in [1.82, 2.24) is 4.98 Å². The van der Waals surface area contributed by atoms with Gasteiger partial charge in [0.2, 0.25) is 0 Å². The lowest BCUT2D eigenvalue weighted by molar-refractivity contribution is 0.102. The van der Waals surface area contributed by atoms with Gasteiger partial charge in [0.25, 0.3) is 5.91 Å². The Kier molecular flexibility index (Phi) is 3.50. The molecule has 3 rings (SSSR count). The third-order valence-corrected chi connectivity index (χ3v) is 3.41. The van der Waals surface area contributed by atoms with E-state index >= 15 is 0 Å². The molecular weight excluding hydrogens is 278 g/mol. The van der Waals surface area contributed by atoms with Gasteiger partial charge in [0.1, 0.15) is 5.75 Å². The van der Waals surface area contributed by atoms with Gasteiger partial charge >= 0.3 is 0 Å². The molecule has 108 valence electrons. The number of aromatic amines is 1. The number of H-pyrrole nitrogens is 1. The van der Waals surface area contributed by atoms with Crippen molar-refractivity contribution >= 4 is 22.5 Å². The highest BCUT2D eigenvalue weighted by Crippen LogP contribution is 2.24. The van der Waals surface area contributed by atoms with Crippen LogP contribution < -0.4 is 10.1 Å². The number of nitriles is 1. The number of carbonyl (C=O) groups excluding carboxylic acids is 1. The Labute approximate surface area is 127 Å². The maximum absolute atomic E-state index is 12.4. The van der Waals surface area contributed by atoms with Crippen LogP contribution in [0.25, 0.3) is 10.9 Å². The number of methoxy groups -OCH3 is 1. The standard InChI is InChI=1S/C17H13N3O2/c1-22-13-6-7-14-15(10-19-16(14)8-13)17(21)20-12-4-2-11(9-18)3-5-12/h2-8,10,19H,1H3,(H,20,21). The Balaban J connectivity index is 1.87. The largest absolute Gasteiger partial charge is 0.497 e. The van der Waals surface area contributed by atoms with Crippen molar-refractivity contribution in [2.24, 2.45) is 0 Å². The quantitative estimate of drug-likeness (QED) is 0.777. The maximum Gasteiger partial charge on any atom is 0.257 e. The number of benzene rings is 2.